The van der Waals surface area contributed by atoms with Gasteiger partial charge in [0.05, 0.1) is 6.61 Å². The lowest BCUT2D eigenvalue weighted by Gasteiger charge is -2.32. The van der Waals surface area contributed by atoms with Gasteiger partial charge in [-0.25, -0.2) is 4.79 Å². The first kappa shape index (κ1) is 13.7. The average molecular weight is 254 g/mol. The smallest absolute Gasteiger partial charge is 0.317 e. The molecule has 1 saturated heterocycles. The number of carbonyl (C=O) groups excluding carboxylic acids is 1. The molecule has 0 atom stereocenters. The first-order valence-electron chi connectivity index (χ1n) is 7.29. The van der Waals surface area contributed by atoms with Crippen LogP contribution in [0.5, 0.6) is 0 Å². The van der Waals surface area contributed by atoms with E-state index in [4.69, 9.17) is 0 Å². The number of nitrogens with zero attached hydrogens (tertiary/aromatic N) is 1. The van der Waals surface area contributed by atoms with E-state index in [1.807, 2.05) is 4.90 Å². The highest BCUT2D eigenvalue weighted by Crippen LogP contribution is 2.36. The van der Waals surface area contributed by atoms with E-state index >= 15 is 0 Å². The lowest BCUT2D eigenvalue weighted by Crippen LogP contribution is -2.47. The third-order valence-corrected chi connectivity index (χ3v) is 4.69. The molecule has 4 heteroatoms. The number of hydrogen-bond acceptors (Lipinski definition) is 2. The zero-order valence-corrected chi connectivity index (χ0v) is 11.5. The number of carbonyl (C=O) groups is 1. The summed E-state index contributed by atoms with van der Waals surface area (Å²) < 4.78 is 0. The highest BCUT2D eigenvalue weighted by molar-refractivity contribution is 5.74. The molecule has 104 valence electrons. The third kappa shape index (κ3) is 3.16. The van der Waals surface area contributed by atoms with E-state index in [-0.39, 0.29) is 18.1 Å². The summed E-state index contributed by atoms with van der Waals surface area (Å²) in [5.74, 6) is 0.743. The quantitative estimate of drug-likeness (QED) is 0.809. The van der Waals surface area contributed by atoms with E-state index < -0.39 is 0 Å². The molecule has 0 aromatic rings. The predicted molar refractivity (Wildman–Crippen MR) is 71.4 cm³/mol. The van der Waals surface area contributed by atoms with Gasteiger partial charge in [0.15, 0.2) is 0 Å². The monoisotopic (exact) mass is 254 g/mol. The normalized spacial score (nSPS) is 24.2. The van der Waals surface area contributed by atoms with Crippen LogP contribution in [0.2, 0.25) is 0 Å². The average Bonchev–Trinajstić information content (AvgIpc) is 2.86. The number of piperidine rings is 1. The minimum Gasteiger partial charge on any atom is -0.396 e. The van der Waals surface area contributed by atoms with Crippen molar-refractivity contribution in [3.05, 3.63) is 0 Å². The van der Waals surface area contributed by atoms with Crippen LogP contribution in [0, 0.1) is 11.3 Å². The summed E-state index contributed by atoms with van der Waals surface area (Å²) in [6, 6.07) is 0.0571. The topological polar surface area (TPSA) is 52.6 Å². The molecule has 0 aromatic heterocycles. The fourth-order valence-electron chi connectivity index (χ4n) is 3.10. The van der Waals surface area contributed by atoms with Crippen LogP contribution in [0.4, 0.5) is 4.79 Å². The van der Waals surface area contributed by atoms with E-state index in [0.29, 0.717) is 6.54 Å². The van der Waals surface area contributed by atoms with Crippen molar-refractivity contribution in [2.24, 2.45) is 11.3 Å². The van der Waals surface area contributed by atoms with Crippen molar-refractivity contribution in [2.45, 2.75) is 45.4 Å². The molecule has 18 heavy (non-hydrogen) atoms. The van der Waals surface area contributed by atoms with Gasteiger partial charge in [0, 0.05) is 25.0 Å². The van der Waals surface area contributed by atoms with Crippen LogP contribution in [0.25, 0.3) is 0 Å². The van der Waals surface area contributed by atoms with Gasteiger partial charge in [0.25, 0.3) is 0 Å². The van der Waals surface area contributed by atoms with Crippen molar-refractivity contribution < 1.29 is 9.90 Å². The van der Waals surface area contributed by atoms with E-state index in [0.717, 1.165) is 44.7 Å². The lowest BCUT2D eigenvalue weighted by atomic mass is 9.87. The van der Waals surface area contributed by atoms with E-state index in [2.05, 4.69) is 12.2 Å². The second-order valence-electron chi connectivity index (χ2n) is 6.19. The lowest BCUT2D eigenvalue weighted by molar-refractivity contribution is 0.122. The highest BCUT2D eigenvalue weighted by atomic mass is 16.3. The first-order chi connectivity index (χ1) is 8.65. The molecule has 0 spiro atoms. The van der Waals surface area contributed by atoms with Crippen molar-refractivity contribution in [1.82, 2.24) is 10.2 Å². The molecule has 2 rings (SSSR count). The minimum absolute atomic E-state index is 0.0429. The standard InChI is InChI=1S/C14H26N2O2/c1-12-4-8-16(9-5-12)13(18)15-10-14(11-17)6-2-3-7-14/h12,17H,2-11H2,1H3,(H,15,18). The van der Waals surface area contributed by atoms with Gasteiger partial charge < -0.3 is 15.3 Å². The Balaban J connectivity index is 1.77. The molecule has 1 aliphatic carbocycles. The van der Waals surface area contributed by atoms with Crippen molar-refractivity contribution in [2.75, 3.05) is 26.2 Å². The Kier molecular flexibility index (Phi) is 4.49. The fraction of sp³-hybridized carbons (Fsp3) is 0.929. The second kappa shape index (κ2) is 5.91. The molecule has 2 N–H and O–H groups in total. The van der Waals surface area contributed by atoms with Crippen molar-refractivity contribution >= 4 is 6.03 Å². The van der Waals surface area contributed by atoms with Crippen molar-refractivity contribution in [3.63, 3.8) is 0 Å². The van der Waals surface area contributed by atoms with Crippen molar-refractivity contribution in [3.8, 4) is 0 Å². The molecule has 0 radical (unpaired) electrons. The van der Waals surface area contributed by atoms with Gasteiger partial charge in [-0.3, -0.25) is 0 Å². The highest BCUT2D eigenvalue weighted by Gasteiger charge is 2.34. The van der Waals surface area contributed by atoms with Gasteiger partial charge in [-0.1, -0.05) is 19.8 Å². The molecule has 2 aliphatic rings. The molecular formula is C14H26N2O2. The van der Waals surface area contributed by atoms with Crippen LogP contribution in [-0.4, -0.2) is 42.3 Å². The Morgan fingerprint density at radius 2 is 1.94 bits per heavy atom. The summed E-state index contributed by atoms with van der Waals surface area (Å²) in [6.07, 6.45) is 6.66. The second-order valence-corrected chi connectivity index (χ2v) is 6.19. The summed E-state index contributed by atoms with van der Waals surface area (Å²) >= 11 is 0. The van der Waals surface area contributed by atoms with Crippen molar-refractivity contribution in [1.29, 1.82) is 0 Å². The summed E-state index contributed by atoms with van der Waals surface area (Å²) in [5.41, 5.74) is -0.0429. The maximum absolute atomic E-state index is 12.1. The predicted octanol–water partition coefficient (Wildman–Crippen LogP) is 1.98. The van der Waals surface area contributed by atoms with E-state index in [1.54, 1.807) is 0 Å². The number of likely N-dealkylation sites (tertiary alicyclic amines) is 1. The maximum Gasteiger partial charge on any atom is 0.317 e. The number of hydrogen-bond donors (Lipinski definition) is 2. The molecule has 2 fully saturated rings. The molecule has 0 aromatic carbocycles. The number of aliphatic hydroxyl groups excluding tert-OH is 1. The number of urea groups is 1. The van der Waals surface area contributed by atoms with Gasteiger partial charge in [0.2, 0.25) is 0 Å². The van der Waals surface area contributed by atoms with E-state index in [9.17, 15) is 9.90 Å². The SMILES string of the molecule is CC1CCN(C(=O)NCC2(CO)CCCC2)CC1. The summed E-state index contributed by atoms with van der Waals surface area (Å²) in [6.45, 7) is 4.82. The largest absolute Gasteiger partial charge is 0.396 e. The summed E-state index contributed by atoms with van der Waals surface area (Å²) in [4.78, 5) is 14.0. The minimum atomic E-state index is -0.0429. The van der Waals surface area contributed by atoms with Crippen LogP contribution in [-0.2, 0) is 0 Å². The molecule has 1 heterocycles. The molecular weight excluding hydrogens is 228 g/mol. The van der Waals surface area contributed by atoms with Crippen LogP contribution in [0.1, 0.15) is 45.4 Å². The van der Waals surface area contributed by atoms with Crippen LogP contribution >= 0.6 is 0 Å². The molecule has 0 bridgehead atoms. The van der Waals surface area contributed by atoms with Gasteiger partial charge >= 0.3 is 6.03 Å². The first-order valence-corrected chi connectivity index (χ1v) is 7.29. The Hall–Kier alpha value is -0.770. The van der Waals surface area contributed by atoms with Crippen LogP contribution < -0.4 is 5.32 Å². The fourth-order valence-corrected chi connectivity index (χ4v) is 3.10. The Morgan fingerprint density at radius 1 is 1.33 bits per heavy atom. The molecule has 0 unspecified atom stereocenters. The number of rotatable bonds is 3. The van der Waals surface area contributed by atoms with Gasteiger partial charge in [-0.05, 0) is 31.6 Å². The van der Waals surface area contributed by atoms with Gasteiger partial charge in [0.1, 0.15) is 0 Å². The number of amides is 2. The zero-order chi connectivity index (χ0) is 13.0. The van der Waals surface area contributed by atoms with Gasteiger partial charge in [-0.2, -0.15) is 0 Å². The summed E-state index contributed by atoms with van der Waals surface area (Å²) in [5, 5.41) is 12.5. The Labute approximate surface area is 110 Å². The van der Waals surface area contributed by atoms with E-state index in [1.165, 1.54) is 12.8 Å². The maximum atomic E-state index is 12.1. The molecule has 1 aliphatic heterocycles. The Bertz CT molecular complexity index is 280. The van der Waals surface area contributed by atoms with Crippen LogP contribution in [0.3, 0.4) is 0 Å². The summed E-state index contributed by atoms with van der Waals surface area (Å²) in [7, 11) is 0. The molecule has 4 nitrogen and oxygen atoms in total. The molecule has 1 saturated carbocycles. The molecule has 2 amide bonds. The zero-order valence-electron chi connectivity index (χ0n) is 11.5. The number of aliphatic hydroxyl groups is 1. The van der Waals surface area contributed by atoms with Crippen LogP contribution in [0.15, 0.2) is 0 Å². The Morgan fingerprint density at radius 3 is 2.50 bits per heavy atom. The number of nitrogens with one attached hydrogen (secondary N) is 1. The van der Waals surface area contributed by atoms with Gasteiger partial charge in [-0.15, -0.1) is 0 Å². The third-order valence-electron chi connectivity index (χ3n) is 4.69.